The van der Waals surface area contributed by atoms with Crippen LogP contribution in [0.5, 0.6) is 5.75 Å². The SMILES string of the molecule is Cl.Clc1ccc(OCc2ccccc2)c(CNCc2ccncc2)c1. The van der Waals surface area contributed by atoms with Gasteiger partial charge in [-0.1, -0.05) is 41.9 Å². The molecule has 0 amide bonds. The minimum absolute atomic E-state index is 0. The zero-order valence-electron chi connectivity index (χ0n) is 13.7. The van der Waals surface area contributed by atoms with E-state index in [1.165, 1.54) is 5.56 Å². The fraction of sp³-hybridized carbons (Fsp3) is 0.150. The summed E-state index contributed by atoms with van der Waals surface area (Å²) in [5, 5.41) is 4.13. The lowest BCUT2D eigenvalue weighted by atomic mass is 10.2. The largest absolute Gasteiger partial charge is 0.489 e. The van der Waals surface area contributed by atoms with Gasteiger partial charge in [0.25, 0.3) is 0 Å². The summed E-state index contributed by atoms with van der Waals surface area (Å²) in [5.41, 5.74) is 3.38. The monoisotopic (exact) mass is 374 g/mol. The predicted octanol–water partition coefficient (Wildman–Crippen LogP) is 5.03. The van der Waals surface area contributed by atoms with E-state index in [1.54, 1.807) is 12.4 Å². The Kier molecular flexibility index (Phi) is 7.74. The molecular weight excluding hydrogens is 355 g/mol. The van der Waals surface area contributed by atoms with Crippen LogP contribution < -0.4 is 10.1 Å². The highest BCUT2D eigenvalue weighted by atomic mass is 35.5. The molecule has 130 valence electrons. The van der Waals surface area contributed by atoms with Gasteiger partial charge in [-0.3, -0.25) is 4.98 Å². The van der Waals surface area contributed by atoms with Crippen LogP contribution in [0.4, 0.5) is 0 Å². The zero-order valence-corrected chi connectivity index (χ0v) is 15.3. The molecule has 0 aliphatic carbocycles. The smallest absolute Gasteiger partial charge is 0.124 e. The molecule has 1 heterocycles. The first kappa shape index (κ1) is 19.3. The molecule has 0 bridgehead atoms. The van der Waals surface area contributed by atoms with Gasteiger partial charge in [-0.05, 0) is 41.5 Å². The highest BCUT2D eigenvalue weighted by Gasteiger charge is 2.05. The number of nitrogens with zero attached hydrogens (tertiary/aromatic N) is 1. The van der Waals surface area contributed by atoms with Crippen molar-refractivity contribution < 1.29 is 4.74 Å². The van der Waals surface area contributed by atoms with E-state index < -0.39 is 0 Å². The Hall–Kier alpha value is -2.07. The summed E-state index contributed by atoms with van der Waals surface area (Å²) in [6.07, 6.45) is 3.59. The molecule has 0 radical (unpaired) electrons. The van der Waals surface area contributed by atoms with E-state index in [0.29, 0.717) is 18.2 Å². The molecule has 1 N–H and O–H groups in total. The van der Waals surface area contributed by atoms with Crippen molar-refractivity contribution in [1.29, 1.82) is 0 Å². The van der Waals surface area contributed by atoms with Crippen LogP contribution in [0.25, 0.3) is 0 Å². The van der Waals surface area contributed by atoms with E-state index in [0.717, 1.165) is 23.4 Å². The van der Waals surface area contributed by atoms with Crippen LogP contribution in [0.1, 0.15) is 16.7 Å². The molecule has 3 aromatic rings. The van der Waals surface area contributed by atoms with E-state index >= 15 is 0 Å². The number of aromatic nitrogens is 1. The third-order valence-electron chi connectivity index (χ3n) is 3.65. The van der Waals surface area contributed by atoms with Gasteiger partial charge in [0.15, 0.2) is 0 Å². The molecular formula is C20H20Cl2N2O. The fourth-order valence-corrected chi connectivity index (χ4v) is 2.60. The van der Waals surface area contributed by atoms with Crippen molar-refractivity contribution in [1.82, 2.24) is 10.3 Å². The maximum Gasteiger partial charge on any atom is 0.124 e. The van der Waals surface area contributed by atoms with Crippen molar-refractivity contribution in [3.05, 3.63) is 94.8 Å². The summed E-state index contributed by atoms with van der Waals surface area (Å²) in [4.78, 5) is 4.03. The molecule has 0 saturated carbocycles. The number of halogens is 2. The van der Waals surface area contributed by atoms with Gasteiger partial charge in [0.1, 0.15) is 12.4 Å². The number of nitrogens with one attached hydrogen (secondary N) is 1. The number of benzene rings is 2. The Morgan fingerprint density at radius 1 is 0.880 bits per heavy atom. The van der Waals surface area contributed by atoms with E-state index in [1.807, 2.05) is 48.5 Å². The van der Waals surface area contributed by atoms with E-state index in [4.69, 9.17) is 16.3 Å². The van der Waals surface area contributed by atoms with Gasteiger partial charge >= 0.3 is 0 Å². The molecule has 0 aliphatic heterocycles. The number of hydrogen-bond acceptors (Lipinski definition) is 3. The molecule has 25 heavy (non-hydrogen) atoms. The summed E-state index contributed by atoms with van der Waals surface area (Å²) >= 11 is 6.14. The Morgan fingerprint density at radius 3 is 2.40 bits per heavy atom. The quantitative estimate of drug-likeness (QED) is 0.629. The van der Waals surface area contributed by atoms with Crippen molar-refractivity contribution in [2.24, 2.45) is 0 Å². The van der Waals surface area contributed by atoms with Gasteiger partial charge in [0.05, 0.1) is 0 Å². The first-order chi connectivity index (χ1) is 11.8. The minimum atomic E-state index is 0. The second-order valence-corrected chi connectivity index (χ2v) is 5.92. The number of ether oxygens (including phenoxy) is 1. The van der Waals surface area contributed by atoms with Gasteiger partial charge in [-0.25, -0.2) is 0 Å². The molecule has 0 atom stereocenters. The van der Waals surface area contributed by atoms with Gasteiger partial charge in [0, 0.05) is 36.1 Å². The Labute approximate surface area is 159 Å². The normalized spacial score (nSPS) is 10.1. The predicted molar refractivity (Wildman–Crippen MR) is 104 cm³/mol. The maximum absolute atomic E-state index is 6.14. The third kappa shape index (κ3) is 6.05. The number of hydrogen-bond donors (Lipinski definition) is 1. The molecule has 2 aromatic carbocycles. The molecule has 0 fully saturated rings. The van der Waals surface area contributed by atoms with Crippen molar-refractivity contribution >= 4 is 24.0 Å². The highest BCUT2D eigenvalue weighted by molar-refractivity contribution is 6.30. The van der Waals surface area contributed by atoms with Crippen molar-refractivity contribution in [2.45, 2.75) is 19.7 Å². The number of rotatable bonds is 7. The van der Waals surface area contributed by atoms with Gasteiger partial charge in [-0.2, -0.15) is 0 Å². The van der Waals surface area contributed by atoms with E-state index in [2.05, 4.69) is 22.4 Å². The van der Waals surface area contributed by atoms with Crippen LogP contribution in [0.15, 0.2) is 73.1 Å². The Balaban J connectivity index is 0.00000225. The summed E-state index contributed by atoms with van der Waals surface area (Å²) in [6, 6.07) is 19.9. The molecule has 0 unspecified atom stereocenters. The van der Waals surface area contributed by atoms with Crippen LogP contribution in [-0.4, -0.2) is 4.98 Å². The average molecular weight is 375 g/mol. The van der Waals surface area contributed by atoms with Crippen LogP contribution in [0, 0.1) is 0 Å². The molecule has 0 aliphatic rings. The molecule has 0 saturated heterocycles. The fourth-order valence-electron chi connectivity index (χ4n) is 2.40. The van der Waals surface area contributed by atoms with Crippen LogP contribution in [0.3, 0.4) is 0 Å². The summed E-state index contributed by atoms with van der Waals surface area (Å²) in [7, 11) is 0. The zero-order chi connectivity index (χ0) is 16.6. The molecule has 3 rings (SSSR count). The van der Waals surface area contributed by atoms with Crippen LogP contribution in [-0.2, 0) is 19.7 Å². The first-order valence-corrected chi connectivity index (χ1v) is 8.24. The summed E-state index contributed by atoms with van der Waals surface area (Å²) < 4.78 is 5.97. The lowest BCUT2D eigenvalue weighted by Crippen LogP contribution is -2.13. The molecule has 1 aromatic heterocycles. The Morgan fingerprint density at radius 2 is 1.64 bits per heavy atom. The molecule has 0 spiro atoms. The van der Waals surface area contributed by atoms with Crippen molar-refractivity contribution in [2.75, 3.05) is 0 Å². The lowest BCUT2D eigenvalue weighted by molar-refractivity contribution is 0.302. The third-order valence-corrected chi connectivity index (χ3v) is 3.89. The standard InChI is InChI=1S/C20H19ClN2O.ClH/c21-19-6-7-20(24-15-17-4-2-1-3-5-17)18(12-19)14-23-13-16-8-10-22-11-9-16;/h1-12,23H,13-15H2;1H. The highest BCUT2D eigenvalue weighted by Crippen LogP contribution is 2.24. The van der Waals surface area contributed by atoms with Gasteiger partial charge in [-0.15, -0.1) is 12.4 Å². The summed E-state index contributed by atoms with van der Waals surface area (Å²) in [5.74, 6) is 0.852. The van der Waals surface area contributed by atoms with Crippen LogP contribution in [0.2, 0.25) is 5.02 Å². The van der Waals surface area contributed by atoms with Crippen molar-refractivity contribution in [3.63, 3.8) is 0 Å². The Bertz CT molecular complexity index is 767. The minimum Gasteiger partial charge on any atom is -0.489 e. The number of pyridine rings is 1. The first-order valence-electron chi connectivity index (χ1n) is 7.86. The second kappa shape index (κ2) is 10.0. The molecule has 3 nitrogen and oxygen atoms in total. The maximum atomic E-state index is 6.14. The van der Waals surface area contributed by atoms with Crippen LogP contribution >= 0.6 is 24.0 Å². The van der Waals surface area contributed by atoms with Gasteiger partial charge < -0.3 is 10.1 Å². The summed E-state index contributed by atoms with van der Waals surface area (Å²) in [6.45, 7) is 2.00. The van der Waals surface area contributed by atoms with Gasteiger partial charge in [0.2, 0.25) is 0 Å². The average Bonchev–Trinajstić information content (AvgIpc) is 2.63. The van der Waals surface area contributed by atoms with Crippen molar-refractivity contribution in [3.8, 4) is 5.75 Å². The topological polar surface area (TPSA) is 34.1 Å². The van der Waals surface area contributed by atoms with E-state index in [9.17, 15) is 0 Å². The second-order valence-electron chi connectivity index (χ2n) is 5.49. The van der Waals surface area contributed by atoms with E-state index in [-0.39, 0.29) is 12.4 Å². The lowest BCUT2D eigenvalue weighted by Gasteiger charge is -2.13. The molecule has 5 heteroatoms.